The van der Waals surface area contributed by atoms with Gasteiger partial charge in [-0.3, -0.25) is 0 Å². The SMILES string of the molecule is c1cc(C2CCSCC2)cc(C2CCCCN2)c1. The second kappa shape index (κ2) is 6.12. The van der Waals surface area contributed by atoms with Gasteiger partial charge in [-0.2, -0.15) is 11.8 Å². The molecule has 1 aromatic rings. The Hall–Kier alpha value is -0.470. The summed E-state index contributed by atoms with van der Waals surface area (Å²) in [5.74, 6) is 3.50. The lowest BCUT2D eigenvalue weighted by atomic mass is 9.89. The number of piperidine rings is 1. The molecule has 1 atom stereocenters. The Bertz CT molecular complexity index is 345. The summed E-state index contributed by atoms with van der Waals surface area (Å²) < 4.78 is 0. The summed E-state index contributed by atoms with van der Waals surface area (Å²) in [6, 6.07) is 10.0. The molecule has 1 unspecified atom stereocenters. The van der Waals surface area contributed by atoms with Crippen LogP contribution in [-0.2, 0) is 0 Å². The van der Waals surface area contributed by atoms with Crippen molar-refractivity contribution >= 4 is 11.8 Å². The lowest BCUT2D eigenvalue weighted by Gasteiger charge is -2.26. The molecule has 0 amide bonds. The van der Waals surface area contributed by atoms with Gasteiger partial charge in [0.1, 0.15) is 0 Å². The summed E-state index contributed by atoms with van der Waals surface area (Å²) in [6.45, 7) is 1.19. The van der Waals surface area contributed by atoms with Gasteiger partial charge in [-0.25, -0.2) is 0 Å². The van der Waals surface area contributed by atoms with E-state index in [-0.39, 0.29) is 0 Å². The number of thioether (sulfide) groups is 1. The average molecular weight is 261 g/mol. The van der Waals surface area contributed by atoms with Gasteiger partial charge in [0.15, 0.2) is 0 Å². The Morgan fingerprint density at radius 2 is 1.83 bits per heavy atom. The fourth-order valence-electron chi connectivity index (χ4n) is 3.20. The maximum absolute atomic E-state index is 3.66. The highest BCUT2D eigenvalue weighted by atomic mass is 32.2. The molecule has 2 aliphatic heterocycles. The molecule has 0 radical (unpaired) electrons. The van der Waals surface area contributed by atoms with Crippen LogP contribution in [0.4, 0.5) is 0 Å². The molecule has 1 N–H and O–H groups in total. The van der Waals surface area contributed by atoms with Crippen molar-refractivity contribution in [2.24, 2.45) is 0 Å². The summed E-state index contributed by atoms with van der Waals surface area (Å²) in [4.78, 5) is 0. The number of rotatable bonds is 2. The first-order valence-electron chi connectivity index (χ1n) is 7.34. The van der Waals surface area contributed by atoms with Crippen molar-refractivity contribution < 1.29 is 0 Å². The number of hydrogen-bond donors (Lipinski definition) is 1. The van der Waals surface area contributed by atoms with E-state index in [0.717, 1.165) is 5.92 Å². The quantitative estimate of drug-likeness (QED) is 0.860. The van der Waals surface area contributed by atoms with Gasteiger partial charge in [0, 0.05) is 6.04 Å². The van der Waals surface area contributed by atoms with E-state index in [4.69, 9.17) is 0 Å². The number of hydrogen-bond acceptors (Lipinski definition) is 2. The molecule has 0 bridgehead atoms. The van der Waals surface area contributed by atoms with E-state index in [1.165, 1.54) is 55.7 Å². The van der Waals surface area contributed by atoms with Gasteiger partial charge in [0.2, 0.25) is 0 Å². The minimum atomic E-state index is 0.608. The summed E-state index contributed by atoms with van der Waals surface area (Å²) in [5.41, 5.74) is 3.10. The van der Waals surface area contributed by atoms with Crippen LogP contribution < -0.4 is 5.32 Å². The van der Waals surface area contributed by atoms with Crippen LogP contribution in [0.3, 0.4) is 0 Å². The van der Waals surface area contributed by atoms with Crippen LogP contribution in [0.2, 0.25) is 0 Å². The first-order valence-corrected chi connectivity index (χ1v) is 8.50. The van der Waals surface area contributed by atoms with Crippen molar-refractivity contribution in [3.05, 3.63) is 35.4 Å². The molecule has 2 fully saturated rings. The van der Waals surface area contributed by atoms with E-state index in [2.05, 4.69) is 41.3 Å². The van der Waals surface area contributed by atoms with Gasteiger partial charge in [0.05, 0.1) is 0 Å². The van der Waals surface area contributed by atoms with Gasteiger partial charge in [-0.05, 0) is 60.8 Å². The highest BCUT2D eigenvalue weighted by molar-refractivity contribution is 7.99. The molecule has 2 heterocycles. The Balaban J connectivity index is 1.75. The average Bonchev–Trinajstić information content (AvgIpc) is 2.49. The predicted molar refractivity (Wildman–Crippen MR) is 80.3 cm³/mol. The van der Waals surface area contributed by atoms with Crippen molar-refractivity contribution in [2.45, 2.75) is 44.1 Å². The fraction of sp³-hybridized carbons (Fsp3) is 0.625. The van der Waals surface area contributed by atoms with E-state index in [9.17, 15) is 0 Å². The van der Waals surface area contributed by atoms with Crippen molar-refractivity contribution in [3.63, 3.8) is 0 Å². The zero-order valence-corrected chi connectivity index (χ0v) is 11.8. The van der Waals surface area contributed by atoms with Crippen LogP contribution in [0.1, 0.15) is 55.2 Å². The monoisotopic (exact) mass is 261 g/mol. The van der Waals surface area contributed by atoms with Crippen molar-refractivity contribution in [2.75, 3.05) is 18.1 Å². The van der Waals surface area contributed by atoms with E-state index in [1.807, 2.05) is 0 Å². The second-order valence-electron chi connectivity index (χ2n) is 5.56. The lowest BCUT2D eigenvalue weighted by Crippen LogP contribution is -2.26. The van der Waals surface area contributed by atoms with E-state index in [1.54, 1.807) is 5.56 Å². The molecule has 0 saturated carbocycles. The lowest BCUT2D eigenvalue weighted by molar-refractivity contribution is 0.412. The largest absolute Gasteiger partial charge is 0.310 e. The van der Waals surface area contributed by atoms with E-state index < -0.39 is 0 Å². The predicted octanol–water partition coefficient (Wildman–Crippen LogP) is 4.11. The highest BCUT2D eigenvalue weighted by Crippen LogP contribution is 2.33. The molecule has 1 aromatic carbocycles. The van der Waals surface area contributed by atoms with Crippen LogP contribution in [-0.4, -0.2) is 18.1 Å². The van der Waals surface area contributed by atoms with Crippen LogP contribution >= 0.6 is 11.8 Å². The molecular weight excluding hydrogens is 238 g/mol. The molecule has 0 aliphatic carbocycles. The Labute approximate surface area is 115 Å². The third-order valence-corrected chi connectivity index (χ3v) is 5.36. The molecule has 98 valence electrons. The molecule has 2 saturated heterocycles. The van der Waals surface area contributed by atoms with Gasteiger partial charge in [-0.15, -0.1) is 0 Å². The highest BCUT2D eigenvalue weighted by Gasteiger charge is 2.18. The Kier molecular flexibility index (Phi) is 4.27. The minimum Gasteiger partial charge on any atom is -0.310 e. The van der Waals surface area contributed by atoms with Gasteiger partial charge < -0.3 is 5.32 Å². The van der Waals surface area contributed by atoms with Gasteiger partial charge >= 0.3 is 0 Å². The van der Waals surface area contributed by atoms with Gasteiger partial charge in [-0.1, -0.05) is 30.7 Å². The molecule has 0 spiro atoms. The first kappa shape index (κ1) is 12.6. The first-order chi connectivity index (χ1) is 8.93. The minimum absolute atomic E-state index is 0.608. The van der Waals surface area contributed by atoms with Crippen LogP contribution in [0, 0.1) is 0 Å². The fourth-order valence-corrected chi connectivity index (χ4v) is 4.30. The standard InChI is InChI=1S/C16H23NS/c1-2-9-17-16(6-1)15-5-3-4-14(12-15)13-7-10-18-11-8-13/h3-5,12-13,16-17H,1-2,6-11H2. The summed E-state index contributed by atoms with van der Waals surface area (Å²) in [7, 11) is 0. The number of benzene rings is 1. The third kappa shape index (κ3) is 2.92. The molecule has 2 aliphatic rings. The second-order valence-corrected chi connectivity index (χ2v) is 6.78. The molecule has 2 heteroatoms. The summed E-state index contributed by atoms with van der Waals surface area (Å²) >= 11 is 2.11. The van der Waals surface area contributed by atoms with E-state index in [0.29, 0.717) is 6.04 Å². The Morgan fingerprint density at radius 3 is 2.61 bits per heavy atom. The molecule has 0 aromatic heterocycles. The van der Waals surface area contributed by atoms with Crippen molar-refractivity contribution in [1.29, 1.82) is 0 Å². The zero-order valence-electron chi connectivity index (χ0n) is 11.0. The Morgan fingerprint density at radius 1 is 1.00 bits per heavy atom. The third-order valence-electron chi connectivity index (χ3n) is 4.32. The van der Waals surface area contributed by atoms with Crippen LogP contribution in [0.15, 0.2) is 24.3 Å². The van der Waals surface area contributed by atoms with E-state index >= 15 is 0 Å². The smallest absolute Gasteiger partial charge is 0.0320 e. The molecule has 18 heavy (non-hydrogen) atoms. The van der Waals surface area contributed by atoms with Crippen LogP contribution in [0.25, 0.3) is 0 Å². The van der Waals surface area contributed by atoms with Crippen molar-refractivity contribution in [1.82, 2.24) is 5.32 Å². The topological polar surface area (TPSA) is 12.0 Å². The van der Waals surface area contributed by atoms with Gasteiger partial charge in [0.25, 0.3) is 0 Å². The molecule has 1 nitrogen and oxygen atoms in total. The maximum atomic E-state index is 3.66. The van der Waals surface area contributed by atoms with Crippen LogP contribution in [0.5, 0.6) is 0 Å². The zero-order chi connectivity index (χ0) is 12.2. The molecule has 3 rings (SSSR count). The molecular formula is C16H23NS. The van der Waals surface area contributed by atoms with Crippen molar-refractivity contribution in [3.8, 4) is 0 Å². The normalized spacial score (nSPS) is 26.1. The number of nitrogens with one attached hydrogen (secondary N) is 1. The summed E-state index contributed by atoms with van der Waals surface area (Å²) in [6.07, 6.45) is 6.76. The maximum Gasteiger partial charge on any atom is 0.0320 e. The summed E-state index contributed by atoms with van der Waals surface area (Å²) in [5, 5.41) is 3.66.